The lowest BCUT2D eigenvalue weighted by Crippen LogP contribution is -2.14. The average molecular weight is 388 g/mol. The molecule has 0 aromatic heterocycles. The van der Waals surface area contributed by atoms with Gasteiger partial charge in [-0.2, -0.15) is 0 Å². The first kappa shape index (κ1) is 19.9. The molecule has 0 spiro atoms. The second-order valence-corrected chi connectivity index (χ2v) is 6.46. The van der Waals surface area contributed by atoms with Gasteiger partial charge in [0, 0.05) is 43.6 Å². The standard InChI is InChI=1S/C21H22F2N2O3/c1-26-12-28-19-11-18(24)20(14-3-5-16(22)17(23)10-14)21(25)15(19)4-2-13-6-8-27-9-7-13/h3,5,10-11,13H,6-9,12,24-25H2,1H3. The molecule has 0 amide bonds. The first-order chi connectivity index (χ1) is 13.5. The highest BCUT2D eigenvalue weighted by Crippen LogP contribution is 2.39. The molecule has 0 unspecified atom stereocenters. The van der Waals surface area contributed by atoms with Gasteiger partial charge in [-0.05, 0) is 30.5 Å². The molecule has 0 saturated carbocycles. The molecule has 1 saturated heterocycles. The summed E-state index contributed by atoms with van der Waals surface area (Å²) in [5.41, 5.74) is 14.2. The molecular formula is C21H22F2N2O3. The van der Waals surface area contributed by atoms with Crippen molar-refractivity contribution in [2.24, 2.45) is 5.92 Å². The van der Waals surface area contributed by atoms with Crippen molar-refractivity contribution in [3.63, 3.8) is 0 Å². The van der Waals surface area contributed by atoms with Crippen LogP contribution < -0.4 is 16.2 Å². The van der Waals surface area contributed by atoms with E-state index in [2.05, 4.69) is 11.8 Å². The predicted octanol–water partition coefficient (Wildman–Crippen LogP) is 3.56. The maximum atomic E-state index is 13.7. The molecule has 0 radical (unpaired) electrons. The van der Waals surface area contributed by atoms with E-state index in [9.17, 15) is 8.78 Å². The van der Waals surface area contributed by atoms with Gasteiger partial charge in [0.05, 0.1) is 11.3 Å². The zero-order valence-corrected chi connectivity index (χ0v) is 15.6. The Morgan fingerprint density at radius 2 is 1.89 bits per heavy atom. The highest BCUT2D eigenvalue weighted by molar-refractivity contribution is 5.91. The summed E-state index contributed by atoms with van der Waals surface area (Å²) in [5, 5.41) is 0. The Bertz CT molecular complexity index is 916. The number of anilines is 2. The summed E-state index contributed by atoms with van der Waals surface area (Å²) in [4.78, 5) is 0. The molecule has 1 fully saturated rings. The number of nitrogens with two attached hydrogens (primary N) is 2. The number of nitrogen functional groups attached to an aromatic ring is 2. The highest BCUT2D eigenvalue weighted by atomic mass is 19.2. The monoisotopic (exact) mass is 388 g/mol. The molecule has 2 aromatic rings. The second-order valence-electron chi connectivity index (χ2n) is 6.46. The van der Waals surface area contributed by atoms with Gasteiger partial charge < -0.3 is 25.7 Å². The van der Waals surface area contributed by atoms with Crippen LogP contribution in [0.15, 0.2) is 24.3 Å². The Labute approximate surface area is 162 Å². The summed E-state index contributed by atoms with van der Waals surface area (Å²) in [6.45, 7) is 1.34. The quantitative estimate of drug-likeness (QED) is 0.476. The van der Waals surface area contributed by atoms with Gasteiger partial charge in [-0.15, -0.1) is 0 Å². The van der Waals surface area contributed by atoms with E-state index >= 15 is 0 Å². The number of benzene rings is 2. The van der Waals surface area contributed by atoms with Crippen molar-refractivity contribution >= 4 is 11.4 Å². The van der Waals surface area contributed by atoms with Crippen molar-refractivity contribution in [2.45, 2.75) is 12.8 Å². The minimum atomic E-state index is -0.981. The average Bonchev–Trinajstić information content (AvgIpc) is 2.69. The Kier molecular flexibility index (Phi) is 6.34. The molecule has 1 aliphatic rings. The fourth-order valence-electron chi connectivity index (χ4n) is 3.05. The maximum absolute atomic E-state index is 13.7. The molecule has 4 N–H and O–H groups in total. The number of hydrogen-bond donors (Lipinski definition) is 2. The molecule has 28 heavy (non-hydrogen) atoms. The first-order valence-corrected chi connectivity index (χ1v) is 8.89. The van der Waals surface area contributed by atoms with E-state index in [1.54, 1.807) is 6.07 Å². The van der Waals surface area contributed by atoms with Crippen LogP contribution in [0.4, 0.5) is 20.2 Å². The molecule has 148 valence electrons. The molecule has 0 atom stereocenters. The van der Waals surface area contributed by atoms with E-state index in [0.29, 0.717) is 35.7 Å². The summed E-state index contributed by atoms with van der Waals surface area (Å²) in [6.07, 6.45) is 1.68. The Balaban J connectivity index is 2.08. The lowest BCUT2D eigenvalue weighted by molar-refractivity contribution is 0.0510. The zero-order valence-electron chi connectivity index (χ0n) is 15.6. The van der Waals surface area contributed by atoms with Crippen LogP contribution in [0.5, 0.6) is 5.75 Å². The number of methoxy groups -OCH3 is 1. The van der Waals surface area contributed by atoms with E-state index in [-0.39, 0.29) is 24.1 Å². The molecule has 5 nitrogen and oxygen atoms in total. The van der Waals surface area contributed by atoms with E-state index in [4.69, 9.17) is 25.7 Å². The Morgan fingerprint density at radius 3 is 2.57 bits per heavy atom. The van der Waals surface area contributed by atoms with Crippen LogP contribution in [0.25, 0.3) is 11.1 Å². The molecule has 7 heteroatoms. The van der Waals surface area contributed by atoms with Gasteiger partial charge in [0.15, 0.2) is 18.4 Å². The normalized spacial score (nSPS) is 14.4. The third-order valence-electron chi connectivity index (χ3n) is 4.52. The van der Waals surface area contributed by atoms with Crippen LogP contribution in [0.2, 0.25) is 0 Å². The van der Waals surface area contributed by atoms with E-state index in [1.165, 1.54) is 13.2 Å². The molecule has 0 bridgehead atoms. The Hall–Kier alpha value is -2.82. The highest BCUT2D eigenvalue weighted by Gasteiger charge is 2.18. The summed E-state index contributed by atoms with van der Waals surface area (Å²) in [6, 6.07) is 5.08. The third-order valence-corrected chi connectivity index (χ3v) is 4.52. The van der Waals surface area contributed by atoms with E-state index < -0.39 is 11.6 Å². The summed E-state index contributed by atoms with van der Waals surface area (Å²) in [5.74, 6) is 4.94. The van der Waals surface area contributed by atoms with Crippen LogP contribution in [0.1, 0.15) is 18.4 Å². The topological polar surface area (TPSA) is 79.7 Å². The van der Waals surface area contributed by atoms with Gasteiger partial charge in [-0.1, -0.05) is 17.9 Å². The predicted molar refractivity (Wildman–Crippen MR) is 104 cm³/mol. The van der Waals surface area contributed by atoms with Crippen molar-refractivity contribution in [1.29, 1.82) is 0 Å². The van der Waals surface area contributed by atoms with Crippen molar-refractivity contribution < 1.29 is 23.0 Å². The number of halogens is 2. The zero-order chi connectivity index (χ0) is 20.1. The lowest BCUT2D eigenvalue weighted by Gasteiger charge is -2.18. The molecule has 1 aliphatic heterocycles. The molecule has 3 rings (SSSR count). The summed E-state index contributed by atoms with van der Waals surface area (Å²) in [7, 11) is 1.50. The minimum absolute atomic E-state index is 0.00461. The summed E-state index contributed by atoms with van der Waals surface area (Å²) >= 11 is 0. The molecular weight excluding hydrogens is 366 g/mol. The van der Waals surface area contributed by atoms with Crippen LogP contribution in [-0.2, 0) is 9.47 Å². The van der Waals surface area contributed by atoms with Crippen LogP contribution >= 0.6 is 0 Å². The number of ether oxygens (including phenoxy) is 3. The fraction of sp³-hybridized carbons (Fsp3) is 0.333. The Morgan fingerprint density at radius 1 is 1.14 bits per heavy atom. The van der Waals surface area contributed by atoms with E-state index in [0.717, 1.165) is 25.0 Å². The second kappa shape index (κ2) is 8.91. The SMILES string of the molecule is COCOc1cc(N)c(-c2ccc(F)c(F)c2)c(N)c1C#CC1CCOCC1. The van der Waals surface area contributed by atoms with E-state index in [1.807, 2.05) is 0 Å². The number of rotatable bonds is 4. The van der Waals surface area contributed by atoms with Gasteiger partial charge in [0.25, 0.3) is 0 Å². The lowest BCUT2D eigenvalue weighted by atomic mass is 9.96. The van der Waals surface area contributed by atoms with Crippen molar-refractivity contribution in [2.75, 3.05) is 38.6 Å². The van der Waals surface area contributed by atoms with Gasteiger partial charge in [-0.25, -0.2) is 8.78 Å². The van der Waals surface area contributed by atoms with Gasteiger partial charge in [0.2, 0.25) is 0 Å². The van der Waals surface area contributed by atoms with Crippen LogP contribution in [0, 0.1) is 29.4 Å². The largest absolute Gasteiger partial charge is 0.466 e. The van der Waals surface area contributed by atoms with Gasteiger partial charge in [-0.3, -0.25) is 0 Å². The van der Waals surface area contributed by atoms with Crippen molar-refractivity contribution in [3.05, 3.63) is 41.5 Å². The van der Waals surface area contributed by atoms with Crippen LogP contribution in [0.3, 0.4) is 0 Å². The first-order valence-electron chi connectivity index (χ1n) is 8.89. The number of hydrogen-bond acceptors (Lipinski definition) is 5. The maximum Gasteiger partial charge on any atom is 0.188 e. The molecule has 2 aromatic carbocycles. The third kappa shape index (κ3) is 4.35. The van der Waals surface area contributed by atoms with Crippen LogP contribution in [-0.4, -0.2) is 27.1 Å². The smallest absolute Gasteiger partial charge is 0.188 e. The van der Waals surface area contributed by atoms with Crippen molar-refractivity contribution in [1.82, 2.24) is 0 Å². The summed E-state index contributed by atoms with van der Waals surface area (Å²) < 4.78 is 42.9. The van der Waals surface area contributed by atoms with Gasteiger partial charge >= 0.3 is 0 Å². The van der Waals surface area contributed by atoms with Crippen molar-refractivity contribution in [3.8, 4) is 28.7 Å². The molecule has 0 aliphatic carbocycles. The fourth-order valence-corrected chi connectivity index (χ4v) is 3.05. The van der Waals surface area contributed by atoms with Gasteiger partial charge in [0.1, 0.15) is 5.75 Å². The minimum Gasteiger partial charge on any atom is -0.466 e. The molecule has 1 heterocycles.